The minimum Gasteiger partial charge on any atom is -0.501 e. The molecule has 0 bridgehead atoms. The van der Waals surface area contributed by atoms with Gasteiger partial charge in [-0.25, -0.2) is 0 Å². The molecule has 0 aliphatic carbocycles. The number of piperidine rings is 1. The Morgan fingerprint density at radius 2 is 1.70 bits per heavy atom. The zero-order valence-corrected chi connectivity index (χ0v) is 15.6. The predicted octanol–water partition coefficient (Wildman–Crippen LogP) is 5.32. The van der Waals surface area contributed by atoms with Crippen molar-refractivity contribution >= 4 is 10.8 Å². The van der Waals surface area contributed by atoms with Crippen LogP contribution in [0.5, 0.6) is 5.75 Å². The van der Waals surface area contributed by atoms with Gasteiger partial charge >= 0.3 is 6.18 Å². The van der Waals surface area contributed by atoms with E-state index < -0.39 is 12.2 Å². The molecule has 2 aromatic carbocycles. The highest BCUT2D eigenvalue weighted by Crippen LogP contribution is 2.41. The molecule has 1 atom stereocenters. The normalized spacial score (nSPS) is 17.7. The van der Waals surface area contributed by atoms with E-state index in [1.807, 2.05) is 6.07 Å². The first-order chi connectivity index (χ1) is 12.8. The fourth-order valence-electron chi connectivity index (χ4n) is 3.79. The second kappa shape index (κ2) is 7.80. The van der Waals surface area contributed by atoms with E-state index in [2.05, 4.69) is 6.58 Å². The summed E-state index contributed by atoms with van der Waals surface area (Å²) in [6, 6.07) is 8.69. The van der Waals surface area contributed by atoms with Gasteiger partial charge in [0.1, 0.15) is 11.8 Å². The summed E-state index contributed by atoms with van der Waals surface area (Å²) in [5, 5.41) is 1.62. The van der Waals surface area contributed by atoms with Gasteiger partial charge in [0, 0.05) is 5.92 Å². The molecule has 3 nitrogen and oxygen atoms in total. The number of halogens is 3. The molecule has 1 saturated heterocycles. The lowest BCUT2D eigenvalue weighted by Gasteiger charge is -2.38. The van der Waals surface area contributed by atoms with Crippen LogP contribution in [-0.4, -0.2) is 38.4 Å². The maximum atomic E-state index is 13.9. The molecule has 6 heteroatoms. The van der Waals surface area contributed by atoms with Crippen LogP contribution in [0.1, 0.15) is 24.4 Å². The zero-order chi connectivity index (χ0) is 19.6. The van der Waals surface area contributed by atoms with Crippen LogP contribution in [0.15, 0.2) is 48.7 Å². The molecule has 1 aliphatic rings. The Hall–Kier alpha value is -2.21. The Balaban J connectivity index is 1.88. The van der Waals surface area contributed by atoms with Crippen LogP contribution in [-0.2, 0) is 4.74 Å². The molecule has 0 amide bonds. The van der Waals surface area contributed by atoms with Crippen LogP contribution < -0.4 is 4.74 Å². The molecule has 1 aliphatic heterocycles. The van der Waals surface area contributed by atoms with Gasteiger partial charge in [0.15, 0.2) is 0 Å². The van der Waals surface area contributed by atoms with Crippen molar-refractivity contribution in [1.29, 1.82) is 0 Å². The first kappa shape index (κ1) is 19.5. The van der Waals surface area contributed by atoms with E-state index in [4.69, 9.17) is 9.47 Å². The maximum Gasteiger partial charge on any atom is 0.408 e. The summed E-state index contributed by atoms with van der Waals surface area (Å²) in [5.41, 5.74) is 0.268. The zero-order valence-electron chi connectivity index (χ0n) is 15.6. The number of allylic oxidation sites excluding steroid dienone is 1. The fraction of sp³-hybridized carbons (Fsp3) is 0.429. The maximum absolute atomic E-state index is 13.9. The molecular formula is C21H24F3NO2. The monoisotopic (exact) mass is 379 g/mol. The number of likely N-dealkylation sites (tertiary alicyclic amines) is 1. The van der Waals surface area contributed by atoms with Gasteiger partial charge in [-0.05, 0) is 60.5 Å². The molecule has 0 aromatic heterocycles. The molecular weight excluding hydrogens is 355 g/mol. The number of alkyl halides is 3. The molecule has 146 valence electrons. The van der Waals surface area contributed by atoms with Crippen LogP contribution in [0.4, 0.5) is 13.2 Å². The standard InChI is InChI=1S/C21H24F3NO2/c1-14(26-2)15-8-10-25(11-9-15)20(21(22,23)24)18-5-4-17-13-19(27-3)7-6-16(17)12-18/h4-7,12-13,15,20H,1,8-11H2,2-3H3. The van der Waals surface area contributed by atoms with Crippen LogP contribution >= 0.6 is 0 Å². The SMILES string of the molecule is C=C(OC)C1CCN(C(c2ccc3cc(OC)ccc3c2)C(F)(F)F)CC1. The van der Waals surface area contributed by atoms with Crippen molar-refractivity contribution in [3.05, 3.63) is 54.3 Å². The van der Waals surface area contributed by atoms with E-state index in [9.17, 15) is 13.2 Å². The fourth-order valence-corrected chi connectivity index (χ4v) is 3.79. The Morgan fingerprint density at radius 1 is 1.07 bits per heavy atom. The van der Waals surface area contributed by atoms with E-state index in [0.717, 1.165) is 10.8 Å². The Kier molecular flexibility index (Phi) is 5.65. The Morgan fingerprint density at radius 3 is 2.30 bits per heavy atom. The average Bonchev–Trinajstić information content (AvgIpc) is 2.66. The van der Waals surface area contributed by atoms with Gasteiger partial charge in [-0.15, -0.1) is 0 Å². The smallest absolute Gasteiger partial charge is 0.408 e. The van der Waals surface area contributed by atoms with Crippen LogP contribution in [0, 0.1) is 5.92 Å². The molecule has 3 rings (SSSR count). The quantitative estimate of drug-likeness (QED) is 0.656. The Labute approximate surface area is 157 Å². The van der Waals surface area contributed by atoms with Gasteiger partial charge in [0.25, 0.3) is 0 Å². The first-order valence-electron chi connectivity index (χ1n) is 8.94. The highest BCUT2D eigenvalue weighted by Gasteiger charge is 2.45. The lowest BCUT2D eigenvalue weighted by atomic mass is 9.92. The van der Waals surface area contributed by atoms with Crippen molar-refractivity contribution in [2.24, 2.45) is 5.92 Å². The topological polar surface area (TPSA) is 21.7 Å². The van der Waals surface area contributed by atoms with Gasteiger partial charge in [-0.1, -0.05) is 24.8 Å². The highest BCUT2D eigenvalue weighted by atomic mass is 19.4. The summed E-state index contributed by atoms with van der Waals surface area (Å²) in [6.45, 7) is 4.57. The van der Waals surface area contributed by atoms with Gasteiger partial charge in [0.2, 0.25) is 0 Å². The lowest BCUT2D eigenvalue weighted by Crippen LogP contribution is -2.43. The van der Waals surface area contributed by atoms with Crippen LogP contribution in [0.25, 0.3) is 10.8 Å². The summed E-state index contributed by atoms with van der Waals surface area (Å²) >= 11 is 0. The largest absolute Gasteiger partial charge is 0.501 e. The van der Waals surface area contributed by atoms with Crippen molar-refractivity contribution < 1.29 is 22.6 Å². The molecule has 1 heterocycles. The molecule has 0 saturated carbocycles. The highest BCUT2D eigenvalue weighted by molar-refractivity contribution is 5.84. The van der Waals surface area contributed by atoms with E-state index in [1.54, 1.807) is 44.6 Å². The number of ether oxygens (including phenoxy) is 2. The molecule has 1 fully saturated rings. The average molecular weight is 379 g/mol. The number of hydrogen-bond acceptors (Lipinski definition) is 3. The summed E-state index contributed by atoms with van der Waals surface area (Å²) in [7, 11) is 3.12. The Bertz CT molecular complexity index is 811. The van der Waals surface area contributed by atoms with Gasteiger partial charge in [0.05, 0.1) is 20.0 Å². The summed E-state index contributed by atoms with van der Waals surface area (Å²) in [5.74, 6) is 1.45. The van der Waals surface area contributed by atoms with Crippen molar-refractivity contribution in [1.82, 2.24) is 4.90 Å². The van der Waals surface area contributed by atoms with Gasteiger partial charge in [-0.2, -0.15) is 13.2 Å². The summed E-state index contributed by atoms with van der Waals surface area (Å²) in [4.78, 5) is 1.52. The molecule has 1 unspecified atom stereocenters. The minimum atomic E-state index is -4.34. The molecule has 0 spiro atoms. The van der Waals surface area contributed by atoms with Crippen molar-refractivity contribution in [3.8, 4) is 5.75 Å². The second-order valence-corrected chi connectivity index (χ2v) is 6.90. The number of hydrogen-bond donors (Lipinski definition) is 0. The predicted molar refractivity (Wildman–Crippen MR) is 99.7 cm³/mol. The van der Waals surface area contributed by atoms with E-state index in [-0.39, 0.29) is 11.5 Å². The molecule has 0 radical (unpaired) electrons. The second-order valence-electron chi connectivity index (χ2n) is 6.90. The van der Waals surface area contributed by atoms with Gasteiger partial charge in [-0.3, -0.25) is 4.90 Å². The third kappa shape index (κ3) is 4.21. The molecule has 2 aromatic rings. The van der Waals surface area contributed by atoms with Gasteiger partial charge < -0.3 is 9.47 Å². The first-order valence-corrected chi connectivity index (χ1v) is 8.94. The van der Waals surface area contributed by atoms with E-state index in [0.29, 0.717) is 37.4 Å². The number of fused-ring (bicyclic) bond motifs is 1. The van der Waals surface area contributed by atoms with Crippen LogP contribution in [0.3, 0.4) is 0 Å². The van der Waals surface area contributed by atoms with Crippen molar-refractivity contribution in [2.75, 3.05) is 27.3 Å². The summed E-state index contributed by atoms with van der Waals surface area (Å²) in [6.07, 6.45) is -3.11. The molecule has 0 N–H and O–H groups in total. The minimum absolute atomic E-state index is 0.115. The van der Waals surface area contributed by atoms with Crippen molar-refractivity contribution in [2.45, 2.75) is 25.1 Å². The molecule has 27 heavy (non-hydrogen) atoms. The third-order valence-corrected chi connectivity index (χ3v) is 5.31. The number of benzene rings is 2. The van der Waals surface area contributed by atoms with Crippen molar-refractivity contribution in [3.63, 3.8) is 0 Å². The van der Waals surface area contributed by atoms with E-state index in [1.165, 1.54) is 4.90 Å². The number of nitrogens with zero attached hydrogens (tertiary/aromatic N) is 1. The number of rotatable bonds is 5. The third-order valence-electron chi connectivity index (χ3n) is 5.31. The summed E-state index contributed by atoms with van der Waals surface area (Å²) < 4.78 is 52.1. The van der Waals surface area contributed by atoms with Crippen LogP contribution in [0.2, 0.25) is 0 Å². The number of methoxy groups -OCH3 is 2. The lowest BCUT2D eigenvalue weighted by molar-refractivity contribution is -0.189. The van der Waals surface area contributed by atoms with E-state index >= 15 is 0 Å².